The Morgan fingerprint density at radius 1 is 0.833 bits per heavy atom. The van der Waals surface area contributed by atoms with Crippen molar-refractivity contribution in [2.24, 2.45) is 0 Å². The summed E-state index contributed by atoms with van der Waals surface area (Å²) in [5, 5.41) is 21.1. The van der Waals surface area contributed by atoms with Gasteiger partial charge in [-0.3, -0.25) is 14.8 Å². The second kappa shape index (κ2) is 15.8. The first-order valence-corrected chi connectivity index (χ1v) is 16.3. The monoisotopic (exact) mass is 648 g/mol. The highest BCUT2D eigenvalue weighted by atomic mass is 16.7. The van der Waals surface area contributed by atoms with Gasteiger partial charge >= 0.3 is 0 Å². The van der Waals surface area contributed by atoms with E-state index in [2.05, 4.69) is 20.9 Å². The number of aliphatic hydroxyl groups is 1. The predicted molar refractivity (Wildman–Crippen MR) is 180 cm³/mol. The number of nitrogens with one attached hydrogen (secondary N) is 2. The van der Waals surface area contributed by atoms with Crippen molar-refractivity contribution in [1.29, 1.82) is 0 Å². The van der Waals surface area contributed by atoms with E-state index in [0.29, 0.717) is 38.8 Å². The summed E-state index contributed by atoms with van der Waals surface area (Å²) in [6.07, 6.45) is 3.16. The van der Waals surface area contributed by atoms with E-state index in [9.17, 15) is 14.7 Å². The van der Waals surface area contributed by atoms with E-state index in [1.54, 1.807) is 5.48 Å². The van der Waals surface area contributed by atoms with Crippen LogP contribution in [0.2, 0.25) is 0 Å². The Kier molecular flexibility index (Phi) is 10.9. The summed E-state index contributed by atoms with van der Waals surface area (Å²) >= 11 is 0. The third-order valence-corrected chi connectivity index (χ3v) is 8.71. The maximum Gasteiger partial charge on any atom is 0.243 e. The van der Waals surface area contributed by atoms with Crippen LogP contribution in [0.25, 0.3) is 22.2 Å². The molecular weight excluding hydrogens is 608 g/mol. The standard InChI is InChI=1S/C38H40N4O6/c43-24-26-13-15-28(16-14-26)35-21-31(23-42-25-40-33-9-3-4-10-34(33)42)47-38(48-35)29-19-17-27(18-20-29)32-8-2-1-7-30(32)22-39-36(44)11-5-6-12-37(45)41-46/h1-4,7-10,13-20,25,31,35,38,43,46H,5-6,11-12,21-24H2,(H,39,44)(H,41,45). The summed E-state index contributed by atoms with van der Waals surface area (Å²) < 4.78 is 15.3. The molecule has 1 fully saturated rings. The van der Waals surface area contributed by atoms with Crippen LogP contribution in [0.4, 0.5) is 0 Å². The first-order valence-electron chi connectivity index (χ1n) is 16.3. The van der Waals surface area contributed by atoms with Gasteiger partial charge in [-0.15, -0.1) is 0 Å². The van der Waals surface area contributed by atoms with E-state index < -0.39 is 12.2 Å². The summed E-state index contributed by atoms with van der Waals surface area (Å²) in [6, 6.07) is 32.1. The molecule has 3 atom stereocenters. The minimum Gasteiger partial charge on any atom is -0.392 e. The molecule has 10 heteroatoms. The van der Waals surface area contributed by atoms with Crippen molar-refractivity contribution in [3.63, 3.8) is 0 Å². The van der Waals surface area contributed by atoms with Crippen LogP contribution >= 0.6 is 0 Å². The molecule has 3 unspecified atom stereocenters. The number of hydrogen-bond acceptors (Lipinski definition) is 7. The Morgan fingerprint density at radius 2 is 1.54 bits per heavy atom. The molecule has 4 aromatic carbocycles. The number of aromatic nitrogens is 2. The van der Waals surface area contributed by atoms with E-state index in [-0.39, 0.29) is 31.1 Å². The zero-order valence-electron chi connectivity index (χ0n) is 26.6. The Bertz CT molecular complexity index is 1820. The van der Waals surface area contributed by atoms with Crippen molar-refractivity contribution in [3.8, 4) is 11.1 Å². The molecule has 0 bridgehead atoms. The van der Waals surface area contributed by atoms with E-state index in [0.717, 1.165) is 44.4 Å². The van der Waals surface area contributed by atoms with Crippen LogP contribution in [-0.4, -0.2) is 37.8 Å². The maximum atomic E-state index is 12.4. The number of hydroxylamine groups is 1. The Balaban J connectivity index is 1.16. The van der Waals surface area contributed by atoms with Gasteiger partial charge < -0.3 is 24.5 Å². The molecule has 6 rings (SSSR count). The van der Waals surface area contributed by atoms with Gasteiger partial charge in [-0.1, -0.05) is 84.9 Å². The Hall–Kier alpha value is -4.87. The highest BCUT2D eigenvalue weighted by Crippen LogP contribution is 2.39. The van der Waals surface area contributed by atoms with Crippen LogP contribution < -0.4 is 10.8 Å². The van der Waals surface area contributed by atoms with Crippen LogP contribution in [0.1, 0.15) is 66.8 Å². The molecule has 1 saturated heterocycles. The number of imidazole rings is 1. The average molecular weight is 649 g/mol. The van der Waals surface area contributed by atoms with Crippen molar-refractivity contribution < 1.29 is 29.4 Å². The molecule has 1 aliphatic rings. The van der Waals surface area contributed by atoms with Gasteiger partial charge in [0.15, 0.2) is 6.29 Å². The van der Waals surface area contributed by atoms with Crippen LogP contribution in [-0.2, 0) is 38.8 Å². The lowest BCUT2D eigenvalue weighted by molar-refractivity contribution is -0.252. The largest absolute Gasteiger partial charge is 0.392 e. The Morgan fingerprint density at radius 3 is 2.31 bits per heavy atom. The quantitative estimate of drug-likeness (QED) is 0.0686. The number of carbonyl (C=O) groups is 2. The van der Waals surface area contributed by atoms with E-state index in [1.807, 2.05) is 97.3 Å². The second-order valence-corrected chi connectivity index (χ2v) is 12.0. The predicted octanol–water partition coefficient (Wildman–Crippen LogP) is 6.12. The summed E-state index contributed by atoms with van der Waals surface area (Å²) in [7, 11) is 0. The molecule has 0 saturated carbocycles. The summed E-state index contributed by atoms with van der Waals surface area (Å²) in [6.45, 7) is 0.994. The second-order valence-electron chi connectivity index (χ2n) is 12.0. The number of nitrogens with zero attached hydrogens (tertiary/aromatic N) is 2. The fraction of sp³-hybridized carbons (Fsp3) is 0.289. The van der Waals surface area contributed by atoms with Crippen molar-refractivity contribution in [3.05, 3.63) is 126 Å². The molecule has 0 spiro atoms. The molecular formula is C38H40N4O6. The van der Waals surface area contributed by atoms with Crippen LogP contribution in [0.15, 0.2) is 103 Å². The fourth-order valence-corrected chi connectivity index (χ4v) is 6.09. The number of fused-ring (bicyclic) bond motifs is 1. The summed E-state index contributed by atoms with van der Waals surface area (Å²) in [4.78, 5) is 28.2. The average Bonchev–Trinajstić information content (AvgIpc) is 3.55. The number of unbranched alkanes of at least 4 members (excludes halogenated alkanes) is 1. The zero-order chi connectivity index (χ0) is 33.3. The molecule has 0 aliphatic carbocycles. The van der Waals surface area contributed by atoms with Gasteiger partial charge in [-0.2, -0.15) is 0 Å². The van der Waals surface area contributed by atoms with Gasteiger partial charge in [0.2, 0.25) is 11.8 Å². The number of hydrogen-bond donors (Lipinski definition) is 4. The number of para-hydroxylation sites is 2. The number of carbonyl (C=O) groups excluding carboxylic acids is 2. The molecule has 48 heavy (non-hydrogen) atoms. The minimum absolute atomic E-state index is 0.0108. The number of aliphatic hydroxyl groups excluding tert-OH is 1. The molecule has 2 heterocycles. The molecule has 0 radical (unpaired) electrons. The molecule has 248 valence electrons. The van der Waals surface area contributed by atoms with E-state index >= 15 is 0 Å². The lowest BCUT2D eigenvalue weighted by atomic mass is 9.97. The minimum atomic E-state index is -0.590. The molecule has 5 aromatic rings. The van der Waals surface area contributed by atoms with Crippen molar-refractivity contribution in [1.82, 2.24) is 20.3 Å². The van der Waals surface area contributed by atoms with Gasteiger partial charge in [-0.05, 0) is 52.8 Å². The first-order chi connectivity index (χ1) is 23.5. The molecule has 10 nitrogen and oxygen atoms in total. The smallest absolute Gasteiger partial charge is 0.243 e. The van der Waals surface area contributed by atoms with Crippen LogP contribution in [0, 0.1) is 0 Å². The van der Waals surface area contributed by atoms with Gasteiger partial charge in [0.25, 0.3) is 0 Å². The number of benzene rings is 4. The lowest BCUT2D eigenvalue weighted by Gasteiger charge is -2.36. The molecule has 4 N–H and O–H groups in total. The van der Waals surface area contributed by atoms with Gasteiger partial charge in [0.05, 0.1) is 42.7 Å². The van der Waals surface area contributed by atoms with Crippen molar-refractivity contribution in [2.45, 2.75) is 70.3 Å². The zero-order valence-corrected chi connectivity index (χ0v) is 26.6. The molecule has 1 aromatic heterocycles. The SMILES string of the molecule is O=C(CCCCC(=O)NCc1ccccc1-c1ccc(C2OC(Cn3cnc4ccccc43)CC(c3ccc(CO)cc3)O2)cc1)NO. The number of ether oxygens (including phenoxy) is 2. The van der Waals surface area contributed by atoms with E-state index in [4.69, 9.17) is 14.7 Å². The fourth-order valence-electron chi connectivity index (χ4n) is 6.09. The van der Waals surface area contributed by atoms with Crippen LogP contribution in [0.5, 0.6) is 0 Å². The molecule has 2 amide bonds. The third-order valence-electron chi connectivity index (χ3n) is 8.71. The third kappa shape index (κ3) is 8.15. The highest BCUT2D eigenvalue weighted by molar-refractivity contribution is 5.77. The first kappa shape index (κ1) is 33.0. The van der Waals surface area contributed by atoms with Gasteiger partial charge in [-0.25, -0.2) is 10.5 Å². The van der Waals surface area contributed by atoms with Gasteiger partial charge in [0.1, 0.15) is 0 Å². The molecule has 1 aliphatic heterocycles. The maximum absolute atomic E-state index is 12.4. The number of amides is 2. The Labute approximate surface area is 279 Å². The summed E-state index contributed by atoms with van der Waals surface area (Å²) in [5.74, 6) is -0.539. The normalized spacial score (nSPS) is 17.7. The number of rotatable bonds is 13. The van der Waals surface area contributed by atoms with Crippen LogP contribution in [0.3, 0.4) is 0 Å². The van der Waals surface area contributed by atoms with Crippen molar-refractivity contribution in [2.75, 3.05) is 0 Å². The highest BCUT2D eigenvalue weighted by Gasteiger charge is 2.32. The lowest BCUT2D eigenvalue weighted by Crippen LogP contribution is -2.32. The topological polar surface area (TPSA) is 135 Å². The van der Waals surface area contributed by atoms with Crippen molar-refractivity contribution >= 4 is 22.8 Å². The summed E-state index contributed by atoms with van der Waals surface area (Å²) in [5.41, 5.74) is 9.40. The van der Waals surface area contributed by atoms with Gasteiger partial charge in [0, 0.05) is 31.4 Å². The van der Waals surface area contributed by atoms with E-state index in [1.165, 1.54) is 0 Å².